The zero-order valence-electron chi connectivity index (χ0n) is 23.7. The summed E-state index contributed by atoms with van der Waals surface area (Å²) < 4.78 is 14.6. The third-order valence-corrected chi connectivity index (χ3v) is 8.18. The zero-order valence-corrected chi connectivity index (χ0v) is 24.5. The minimum absolute atomic E-state index is 0.0563. The summed E-state index contributed by atoms with van der Waals surface area (Å²) in [7, 11) is 0. The molecule has 6 rings (SSSR count). The number of para-hydroxylation sites is 1. The summed E-state index contributed by atoms with van der Waals surface area (Å²) in [5.74, 6) is -0.854. The normalized spacial score (nSPS) is 14.8. The molecule has 8 nitrogen and oxygen atoms in total. The van der Waals surface area contributed by atoms with Gasteiger partial charge < -0.3 is 14.0 Å². The first-order valence-corrected chi connectivity index (χ1v) is 14.9. The first kappa shape index (κ1) is 28.1. The van der Waals surface area contributed by atoms with Crippen molar-refractivity contribution < 1.29 is 19.1 Å². The van der Waals surface area contributed by atoms with Gasteiger partial charge in [0.25, 0.3) is 5.56 Å². The van der Waals surface area contributed by atoms with E-state index in [-0.39, 0.29) is 24.7 Å². The average molecular weight is 592 g/mol. The van der Waals surface area contributed by atoms with Crippen LogP contribution >= 0.6 is 11.3 Å². The molecule has 0 N–H and O–H groups in total. The van der Waals surface area contributed by atoms with E-state index < -0.39 is 12.0 Å². The molecule has 0 radical (unpaired) electrons. The van der Waals surface area contributed by atoms with Crippen LogP contribution in [0.5, 0.6) is 0 Å². The fourth-order valence-electron chi connectivity index (χ4n) is 5.40. The molecule has 0 amide bonds. The lowest BCUT2D eigenvalue weighted by Crippen LogP contribution is -2.39. The summed E-state index contributed by atoms with van der Waals surface area (Å²) in [4.78, 5) is 45.5. The Hall–Kier alpha value is -5.02. The largest absolute Gasteiger partial charge is 0.465 e. The van der Waals surface area contributed by atoms with Gasteiger partial charge in [-0.25, -0.2) is 9.79 Å². The molecular weight excluding hydrogens is 562 g/mol. The quantitative estimate of drug-likeness (QED) is 0.249. The van der Waals surface area contributed by atoms with Crippen molar-refractivity contribution in [2.75, 3.05) is 13.2 Å². The molecule has 1 aliphatic heterocycles. The van der Waals surface area contributed by atoms with Crippen LogP contribution in [0, 0.1) is 0 Å². The van der Waals surface area contributed by atoms with Crippen LogP contribution < -0.4 is 14.9 Å². The van der Waals surface area contributed by atoms with E-state index in [1.54, 1.807) is 18.4 Å². The topological polar surface area (TPSA) is 91.9 Å². The second kappa shape index (κ2) is 12.1. The molecule has 3 heterocycles. The van der Waals surface area contributed by atoms with Crippen LogP contribution in [0.25, 0.3) is 22.7 Å². The Morgan fingerprint density at radius 3 is 2.30 bits per heavy atom. The Labute approximate surface area is 251 Å². The lowest BCUT2D eigenvalue weighted by molar-refractivity contribution is -0.143. The van der Waals surface area contributed by atoms with Gasteiger partial charge in [0.1, 0.15) is 6.54 Å². The molecule has 216 valence electrons. The smallest absolute Gasteiger partial charge is 0.338 e. The van der Waals surface area contributed by atoms with Crippen molar-refractivity contribution in [3.8, 4) is 0 Å². The molecule has 9 heteroatoms. The summed E-state index contributed by atoms with van der Waals surface area (Å²) in [6.07, 6.45) is 3.68. The van der Waals surface area contributed by atoms with Crippen LogP contribution in [0.3, 0.4) is 0 Å². The Bertz CT molecular complexity index is 2040. The number of aromatic nitrogens is 2. The number of carbonyl (C=O) groups excluding carboxylic acids is 2. The Balaban J connectivity index is 1.59. The van der Waals surface area contributed by atoms with Gasteiger partial charge in [0.2, 0.25) is 0 Å². The fourth-order valence-corrected chi connectivity index (χ4v) is 6.39. The van der Waals surface area contributed by atoms with Gasteiger partial charge in [-0.2, -0.15) is 0 Å². The third-order valence-electron chi connectivity index (χ3n) is 7.20. The van der Waals surface area contributed by atoms with E-state index in [1.165, 1.54) is 11.3 Å². The summed E-state index contributed by atoms with van der Waals surface area (Å²) in [5.41, 5.74) is 3.69. The number of fused-ring (bicyclic) bond motifs is 2. The van der Waals surface area contributed by atoms with Crippen molar-refractivity contribution in [1.29, 1.82) is 0 Å². The van der Waals surface area contributed by atoms with Crippen LogP contribution in [0.1, 0.15) is 36.6 Å². The molecule has 2 aromatic heterocycles. The summed E-state index contributed by atoms with van der Waals surface area (Å²) in [6, 6.07) is 25.9. The second-order valence-electron chi connectivity index (χ2n) is 9.88. The van der Waals surface area contributed by atoms with E-state index in [0.717, 1.165) is 27.6 Å². The predicted molar refractivity (Wildman–Crippen MR) is 166 cm³/mol. The van der Waals surface area contributed by atoms with E-state index in [4.69, 9.17) is 14.5 Å². The molecule has 0 aliphatic carbocycles. The standard InChI is InChI=1S/C34H29N3O5S/c1-3-41-28(38)21-36-20-24(25-17-11-12-18-26(25)36)19-27-32(39)37-31(23-15-9-6-10-16-23)29(33(40)42-4-2)30(35-34(37)43-27)22-13-7-5-8-14-22/h5-20,31H,3-4,21H2,1-2H3/b27-19-/t31-/m1/s1. The number of nitrogens with zero attached hydrogens (tertiary/aromatic N) is 3. The third kappa shape index (κ3) is 5.35. The Morgan fingerprint density at radius 1 is 0.907 bits per heavy atom. The maximum atomic E-state index is 14.2. The molecule has 0 fully saturated rings. The molecule has 0 saturated heterocycles. The van der Waals surface area contributed by atoms with Crippen LogP contribution in [-0.4, -0.2) is 34.3 Å². The minimum Gasteiger partial charge on any atom is -0.465 e. The van der Waals surface area contributed by atoms with E-state index in [1.807, 2.05) is 102 Å². The SMILES string of the molecule is CCOC(=O)Cn1cc(/C=c2\sc3n(c2=O)[C@H](c2ccccc2)C(C(=O)OCC)=C(c2ccccc2)N=3)c2ccccc21. The van der Waals surface area contributed by atoms with E-state index in [0.29, 0.717) is 27.2 Å². The number of benzene rings is 3. The number of ether oxygens (including phenoxy) is 2. The van der Waals surface area contributed by atoms with Crippen molar-refractivity contribution in [3.63, 3.8) is 0 Å². The lowest BCUT2D eigenvalue weighted by Gasteiger charge is -2.25. The van der Waals surface area contributed by atoms with Gasteiger partial charge in [-0.05, 0) is 31.6 Å². The van der Waals surface area contributed by atoms with Gasteiger partial charge in [0.15, 0.2) is 4.80 Å². The van der Waals surface area contributed by atoms with Crippen molar-refractivity contribution >= 4 is 46.0 Å². The van der Waals surface area contributed by atoms with Gasteiger partial charge in [-0.3, -0.25) is 14.2 Å². The summed E-state index contributed by atoms with van der Waals surface area (Å²) >= 11 is 1.26. The average Bonchev–Trinajstić information content (AvgIpc) is 3.53. The maximum absolute atomic E-state index is 14.2. The van der Waals surface area contributed by atoms with Gasteiger partial charge in [0.05, 0.1) is 35.1 Å². The molecule has 0 unspecified atom stereocenters. The zero-order chi connectivity index (χ0) is 29.9. The van der Waals surface area contributed by atoms with Crippen LogP contribution in [0.15, 0.2) is 106 Å². The van der Waals surface area contributed by atoms with Crippen LogP contribution in [-0.2, 0) is 25.6 Å². The van der Waals surface area contributed by atoms with Crippen LogP contribution in [0.2, 0.25) is 0 Å². The van der Waals surface area contributed by atoms with Gasteiger partial charge in [0, 0.05) is 28.2 Å². The van der Waals surface area contributed by atoms with Gasteiger partial charge in [-0.1, -0.05) is 90.2 Å². The van der Waals surface area contributed by atoms with E-state index in [9.17, 15) is 14.4 Å². The molecule has 5 aromatic rings. The van der Waals surface area contributed by atoms with Crippen molar-refractivity contribution in [3.05, 3.63) is 133 Å². The highest BCUT2D eigenvalue weighted by Gasteiger charge is 2.35. The minimum atomic E-state index is -0.737. The summed E-state index contributed by atoms with van der Waals surface area (Å²) in [5, 5.41) is 0.898. The lowest BCUT2D eigenvalue weighted by atomic mass is 9.93. The molecule has 0 spiro atoms. The first-order valence-electron chi connectivity index (χ1n) is 14.1. The monoisotopic (exact) mass is 591 g/mol. The molecule has 3 aromatic carbocycles. The number of carbonyl (C=O) groups is 2. The number of thiazole rings is 1. The van der Waals surface area contributed by atoms with Crippen molar-refractivity contribution in [2.24, 2.45) is 4.99 Å². The second-order valence-corrected chi connectivity index (χ2v) is 10.9. The highest BCUT2D eigenvalue weighted by molar-refractivity contribution is 7.07. The number of hydrogen-bond donors (Lipinski definition) is 0. The molecule has 1 aliphatic rings. The summed E-state index contributed by atoms with van der Waals surface area (Å²) in [6.45, 7) is 4.07. The number of rotatable bonds is 8. The van der Waals surface area contributed by atoms with Gasteiger partial charge >= 0.3 is 11.9 Å². The van der Waals surface area contributed by atoms with Crippen molar-refractivity contribution in [2.45, 2.75) is 26.4 Å². The molecular formula is C34H29N3O5S. The molecule has 0 bridgehead atoms. The Morgan fingerprint density at radius 2 is 1.58 bits per heavy atom. The molecule has 1 atom stereocenters. The highest BCUT2D eigenvalue weighted by atomic mass is 32.1. The first-order chi connectivity index (χ1) is 21.0. The van der Waals surface area contributed by atoms with Crippen molar-refractivity contribution in [1.82, 2.24) is 9.13 Å². The van der Waals surface area contributed by atoms with Crippen LogP contribution in [0.4, 0.5) is 0 Å². The fraction of sp³-hybridized carbons (Fsp3) is 0.176. The highest BCUT2D eigenvalue weighted by Crippen LogP contribution is 2.35. The number of esters is 2. The molecule has 43 heavy (non-hydrogen) atoms. The number of hydrogen-bond acceptors (Lipinski definition) is 7. The Kier molecular flexibility index (Phi) is 7.89. The maximum Gasteiger partial charge on any atom is 0.338 e. The van der Waals surface area contributed by atoms with E-state index >= 15 is 0 Å². The van der Waals surface area contributed by atoms with E-state index in [2.05, 4.69) is 0 Å². The predicted octanol–water partition coefficient (Wildman–Crippen LogP) is 4.45. The van der Waals surface area contributed by atoms with Gasteiger partial charge in [-0.15, -0.1) is 0 Å². The molecule has 0 saturated carbocycles.